The van der Waals surface area contributed by atoms with Gasteiger partial charge in [0.25, 0.3) is 17.7 Å². The molecule has 3 N–H and O–H groups in total. The molecular formula is C23H16ClN3O4. The molecule has 0 bridgehead atoms. The molecule has 0 spiro atoms. The lowest BCUT2D eigenvalue weighted by molar-refractivity contribution is -0.120. The second-order valence-electron chi connectivity index (χ2n) is 6.67. The lowest BCUT2D eigenvalue weighted by Gasteiger charge is -2.15. The van der Waals surface area contributed by atoms with Gasteiger partial charge in [-0.2, -0.15) is 0 Å². The van der Waals surface area contributed by atoms with Crippen LogP contribution in [0.25, 0.3) is 0 Å². The van der Waals surface area contributed by atoms with E-state index in [-0.39, 0.29) is 22.4 Å². The zero-order valence-corrected chi connectivity index (χ0v) is 16.8. The first kappa shape index (κ1) is 20.2. The average molecular weight is 434 g/mol. The number of aromatic hydroxyl groups is 1. The quantitative estimate of drug-likeness (QED) is 0.416. The molecule has 0 aromatic heterocycles. The van der Waals surface area contributed by atoms with Gasteiger partial charge >= 0.3 is 0 Å². The van der Waals surface area contributed by atoms with E-state index in [2.05, 4.69) is 10.6 Å². The van der Waals surface area contributed by atoms with Gasteiger partial charge in [-0.05, 0) is 60.7 Å². The van der Waals surface area contributed by atoms with Crippen molar-refractivity contribution < 1.29 is 19.5 Å². The van der Waals surface area contributed by atoms with Crippen LogP contribution in [0.15, 0.2) is 89.6 Å². The molecule has 3 amide bonds. The normalized spacial score (nSPS) is 13.5. The van der Waals surface area contributed by atoms with E-state index in [1.165, 1.54) is 12.1 Å². The van der Waals surface area contributed by atoms with E-state index >= 15 is 0 Å². The summed E-state index contributed by atoms with van der Waals surface area (Å²) >= 11 is 6.12. The first-order chi connectivity index (χ1) is 14.9. The van der Waals surface area contributed by atoms with Gasteiger partial charge in [-0.15, -0.1) is 0 Å². The summed E-state index contributed by atoms with van der Waals surface area (Å²) in [6.45, 7) is 0. The molecule has 1 heterocycles. The molecule has 1 aliphatic rings. The number of nitrogens with one attached hydrogen (secondary N) is 2. The number of rotatable bonds is 5. The third-order valence-electron chi connectivity index (χ3n) is 4.58. The largest absolute Gasteiger partial charge is 0.508 e. The highest BCUT2D eigenvalue weighted by Gasteiger charge is 2.38. The van der Waals surface area contributed by atoms with Gasteiger partial charge in [0, 0.05) is 16.9 Å². The number of carbonyl (C=O) groups is 3. The highest BCUT2D eigenvalue weighted by Crippen LogP contribution is 2.30. The van der Waals surface area contributed by atoms with Crippen LogP contribution in [0.4, 0.5) is 17.1 Å². The summed E-state index contributed by atoms with van der Waals surface area (Å²) in [5, 5.41) is 14.7. The molecule has 8 heteroatoms. The van der Waals surface area contributed by atoms with Gasteiger partial charge in [-0.25, -0.2) is 4.90 Å². The minimum atomic E-state index is -0.606. The highest BCUT2D eigenvalue weighted by atomic mass is 35.5. The molecule has 0 aliphatic carbocycles. The Bertz CT molecular complexity index is 1190. The number of phenolic OH excluding ortho intramolecular Hbond substituents is 1. The average Bonchev–Trinajstić information content (AvgIpc) is 2.99. The standard InChI is InChI=1S/C23H16ClN3O4/c24-19-20(23(31)27(22(19)30)17-4-2-1-3-5-17)25-15-8-6-14(7-9-15)21(29)26-16-10-12-18(28)13-11-16/h1-13,25,28H,(H,26,29). The van der Waals surface area contributed by atoms with E-state index in [0.29, 0.717) is 22.6 Å². The summed E-state index contributed by atoms with van der Waals surface area (Å²) in [5.74, 6) is -1.40. The van der Waals surface area contributed by atoms with Gasteiger partial charge in [0.2, 0.25) is 0 Å². The molecule has 7 nitrogen and oxygen atoms in total. The van der Waals surface area contributed by atoms with Crippen molar-refractivity contribution in [2.24, 2.45) is 0 Å². The number of phenols is 1. The maximum Gasteiger partial charge on any atom is 0.283 e. The first-order valence-electron chi connectivity index (χ1n) is 9.25. The summed E-state index contributed by atoms with van der Waals surface area (Å²) in [5.41, 5.74) is 1.81. The third kappa shape index (κ3) is 4.12. The van der Waals surface area contributed by atoms with Gasteiger partial charge in [-0.1, -0.05) is 29.8 Å². The van der Waals surface area contributed by atoms with Crippen LogP contribution >= 0.6 is 11.6 Å². The second kappa shape index (κ2) is 8.33. The predicted octanol–water partition coefficient (Wildman–Crippen LogP) is 4.08. The van der Waals surface area contributed by atoms with Gasteiger partial charge in [0.05, 0.1) is 5.69 Å². The molecule has 1 aliphatic heterocycles. The van der Waals surface area contributed by atoms with Crippen molar-refractivity contribution >= 4 is 46.4 Å². The van der Waals surface area contributed by atoms with Crippen molar-refractivity contribution in [3.05, 3.63) is 95.2 Å². The fourth-order valence-corrected chi connectivity index (χ4v) is 3.23. The summed E-state index contributed by atoms with van der Waals surface area (Å²) < 4.78 is 0. The second-order valence-corrected chi connectivity index (χ2v) is 7.05. The monoisotopic (exact) mass is 433 g/mol. The summed E-state index contributed by atoms with van der Waals surface area (Å²) in [6.07, 6.45) is 0. The molecule has 4 rings (SSSR count). The fraction of sp³-hybridized carbons (Fsp3) is 0. The Morgan fingerprint density at radius 2 is 1.42 bits per heavy atom. The van der Waals surface area contributed by atoms with Gasteiger partial charge in [0.15, 0.2) is 0 Å². The molecule has 0 radical (unpaired) electrons. The molecule has 3 aromatic carbocycles. The van der Waals surface area contributed by atoms with Crippen LogP contribution in [0.3, 0.4) is 0 Å². The molecule has 0 atom stereocenters. The summed E-state index contributed by atoms with van der Waals surface area (Å²) in [7, 11) is 0. The van der Waals surface area contributed by atoms with E-state index in [1.807, 2.05) is 0 Å². The SMILES string of the molecule is O=C(Nc1ccc(O)cc1)c1ccc(NC2=C(Cl)C(=O)N(c3ccccc3)C2=O)cc1. The predicted molar refractivity (Wildman–Crippen MR) is 118 cm³/mol. The minimum Gasteiger partial charge on any atom is -0.508 e. The van der Waals surface area contributed by atoms with E-state index in [1.54, 1.807) is 66.7 Å². The number of halogens is 1. The zero-order valence-electron chi connectivity index (χ0n) is 16.0. The molecule has 0 saturated heterocycles. The molecular weight excluding hydrogens is 418 g/mol. The van der Waals surface area contributed by atoms with Crippen LogP contribution in [0.1, 0.15) is 10.4 Å². The van der Waals surface area contributed by atoms with Crippen LogP contribution in [0.5, 0.6) is 5.75 Å². The Kier molecular flexibility index (Phi) is 5.43. The van der Waals surface area contributed by atoms with Crippen molar-refractivity contribution in [1.82, 2.24) is 0 Å². The van der Waals surface area contributed by atoms with Crippen LogP contribution in [0, 0.1) is 0 Å². The number of hydrogen-bond donors (Lipinski definition) is 3. The van der Waals surface area contributed by atoms with Crippen molar-refractivity contribution in [2.75, 3.05) is 15.5 Å². The smallest absolute Gasteiger partial charge is 0.283 e. The van der Waals surface area contributed by atoms with Gasteiger partial charge in [0.1, 0.15) is 16.5 Å². The number of para-hydroxylation sites is 1. The number of anilines is 3. The molecule has 3 aromatic rings. The number of hydrogen-bond acceptors (Lipinski definition) is 5. The number of imide groups is 1. The number of amides is 3. The Labute approximate surface area is 182 Å². The van der Waals surface area contributed by atoms with Crippen LogP contribution < -0.4 is 15.5 Å². The first-order valence-corrected chi connectivity index (χ1v) is 9.63. The lowest BCUT2D eigenvalue weighted by Crippen LogP contribution is -2.32. The Morgan fingerprint density at radius 1 is 0.806 bits per heavy atom. The van der Waals surface area contributed by atoms with E-state index in [0.717, 1.165) is 4.90 Å². The Balaban J connectivity index is 1.47. The zero-order chi connectivity index (χ0) is 22.0. The fourth-order valence-electron chi connectivity index (χ4n) is 3.02. The molecule has 0 fully saturated rings. The van der Waals surface area contributed by atoms with Gasteiger partial charge < -0.3 is 15.7 Å². The van der Waals surface area contributed by atoms with E-state index in [9.17, 15) is 19.5 Å². The third-order valence-corrected chi connectivity index (χ3v) is 4.93. The van der Waals surface area contributed by atoms with E-state index < -0.39 is 11.8 Å². The van der Waals surface area contributed by atoms with Crippen molar-refractivity contribution in [3.8, 4) is 5.75 Å². The molecule has 0 unspecified atom stereocenters. The maximum atomic E-state index is 12.8. The van der Waals surface area contributed by atoms with Crippen LogP contribution in [-0.2, 0) is 9.59 Å². The van der Waals surface area contributed by atoms with Crippen LogP contribution in [-0.4, -0.2) is 22.8 Å². The Hall–Kier alpha value is -4.10. The Morgan fingerprint density at radius 3 is 2.06 bits per heavy atom. The number of nitrogens with zero attached hydrogens (tertiary/aromatic N) is 1. The number of benzene rings is 3. The van der Waals surface area contributed by atoms with E-state index in [4.69, 9.17) is 11.6 Å². The van der Waals surface area contributed by atoms with Crippen molar-refractivity contribution in [3.63, 3.8) is 0 Å². The summed E-state index contributed by atoms with van der Waals surface area (Å²) in [6, 6.07) is 21.0. The minimum absolute atomic E-state index is 0.0307. The molecule has 154 valence electrons. The molecule has 0 saturated carbocycles. The topological polar surface area (TPSA) is 98.7 Å². The maximum absolute atomic E-state index is 12.8. The van der Waals surface area contributed by atoms with Crippen LogP contribution in [0.2, 0.25) is 0 Å². The highest BCUT2D eigenvalue weighted by molar-refractivity contribution is 6.53. The number of carbonyl (C=O) groups excluding carboxylic acids is 3. The lowest BCUT2D eigenvalue weighted by atomic mass is 10.2. The summed E-state index contributed by atoms with van der Waals surface area (Å²) in [4.78, 5) is 38.6. The van der Waals surface area contributed by atoms with Crippen molar-refractivity contribution in [1.29, 1.82) is 0 Å². The molecule has 31 heavy (non-hydrogen) atoms. The van der Waals surface area contributed by atoms with Gasteiger partial charge in [-0.3, -0.25) is 14.4 Å². The van der Waals surface area contributed by atoms with Crippen molar-refractivity contribution in [2.45, 2.75) is 0 Å².